The molecule has 0 aliphatic heterocycles. The molecule has 5 rings (SSSR count). The van der Waals surface area contributed by atoms with Crippen molar-refractivity contribution in [2.24, 2.45) is 7.05 Å². The summed E-state index contributed by atoms with van der Waals surface area (Å²) in [6, 6.07) is 15.6. The molecule has 2 aromatic heterocycles. The fourth-order valence-electron chi connectivity index (χ4n) is 5.04. The summed E-state index contributed by atoms with van der Waals surface area (Å²) >= 11 is 0. The van der Waals surface area contributed by atoms with Gasteiger partial charge in [0.05, 0.1) is 17.6 Å². The van der Waals surface area contributed by atoms with Gasteiger partial charge in [0.1, 0.15) is 7.05 Å². The van der Waals surface area contributed by atoms with Gasteiger partial charge in [-0.05, 0) is 62.9 Å². The Kier molecular flexibility index (Phi) is 5.05. The van der Waals surface area contributed by atoms with Crippen LogP contribution in [0.15, 0.2) is 54.9 Å². The van der Waals surface area contributed by atoms with E-state index in [-0.39, 0.29) is 0 Å². The number of pyridine rings is 1. The van der Waals surface area contributed by atoms with E-state index in [2.05, 4.69) is 74.9 Å². The summed E-state index contributed by atoms with van der Waals surface area (Å²) in [6.07, 6.45) is 9.08. The number of aromatic nitrogens is 3. The topological polar surface area (TPSA) is 29.7 Å². The molecule has 0 radical (unpaired) electrons. The minimum absolute atomic E-state index is 0.597. The summed E-state index contributed by atoms with van der Waals surface area (Å²) in [5.41, 5.74) is 10.9. The van der Waals surface area contributed by atoms with Crippen LogP contribution in [0, 0.1) is 20.8 Å². The van der Waals surface area contributed by atoms with Crippen molar-refractivity contribution in [2.45, 2.75) is 52.4 Å². The largest absolute Gasteiger partial charge is 0.257 e. The average molecular weight is 409 g/mol. The number of hydrogen-bond acceptors (Lipinski definition) is 2. The first-order valence-electron chi connectivity index (χ1n) is 11.3. The number of fused-ring (bicyclic) bond motifs is 1. The maximum Gasteiger partial charge on any atom is 0.213 e. The van der Waals surface area contributed by atoms with Crippen LogP contribution in [-0.2, 0) is 7.05 Å². The lowest BCUT2D eigenvalue weighted by Gasteiger charge is -2.11. The average Bonchev–Trinajstić information content (AvgIpc) is 3.32. The molecule has 156 valence electrons. The van der Waals surface area contributed by atoms with Gasteiger partial charge in [-0.15, -0.1) is 0 Å². The predicted molar refractivity (Wildman–Crippen MR) is 127 cm³/mol. The van der Waals surface area contributed by atoms with Crippen LogP contribution in [0.3, 0.4) is 0 Å². The summed E-state index contributed by atoms with van der Waals surface area (Å²) in [4.78, 5) is 9.54. The second kappa shape index (κ2) is 7.88. The molecular weight excluding hydrogens is 378 g/mol. The summed E-state index contributed by atoms with van der Waals surface area (Å²) in [6.45, 7) is 6.58. The Morgan fingerprint density at radius 2 is 1.65 bits per heavy atom. The van der Waals surface area contributed by atoms with E-state index in [1.54, 1.807) is 0 Å². The second-order valence-electron chi connectivity index (χ2n) is 9.11. The molecule has 0 spiro atoms. The first kappa shape index (κ1) is 19.9. The van der Waals surface area contributed by atoms with Crippen LogP contribution in [0.5, 0.6) is 0 Å². The zero-order chi connectivity index (χ0) is 21.5. The Morgan fingerprint density at radius 3 is 2.39 bits per heavy atom. The van der Waals surface area contributed by atoms with Crippen molar-refractivity contribution in [2.75, 3.05) is 0 Å². The van der Waals surface area contributed by atoms with Crippen molar-refractivity contribution in [1.82, 2.24) is 9.97 Å². The SMILES string of the molecule is Cc1cc(C)c(C)c(-c2ccc3ccc(-c4cnc(C5CCCC5)cn4)cc3[n+]2C)c1. The van der Waals surface area contributed by atoms with Crippen molar-refractivity contribution in [3.63, 3.8) is 0 Å². The second-order valence-corrected chi connectivity index (χ2v) is 9.11. The Morgan fingerprint density at radius 1 is 0.871 bits per heavy atom. The van der Waals surface area contributed by atoms with Crippen molar-refractivity contribution in [3.05, 3.63) is 77.2 Å². The monoisotopic (exact) mass is 408 g/mol. The summed E-state index contributed by atoms with van der Waals surface area (Å²) in [7, 11) is 2.16. The Bertz CT molecular complexity index is 1270. The highest BCUT2D eigenvalue weighted by Gasteiger charge is 2.20. The van der Waals surface area contributed by atoms with Crippen molar-refractivity contribution in [3.8, 4) is 22.5 Å². The molecule has 3 nitrogen and oxygen atoms in total. The molecule has 1 saturated carbocycles. The number of rotatable bonds is 3. The third-order valence-corrected chi connectivity index (χ3v) is 7.00. The van der Waals surface area contributed by atoms with Gasteiger partial charge in [0.15, 0.2) is 0 Å². The lowest BCUT2D eigenvalue weighted by Crippen LogP contribution is -2.32. The zero-order valence-corrected chi connectivity index (χ0v) is 18.9. The lowest BCUT2D eigenvalue weighted by molar-refractivity contribution is -0.633. The van der Waals surface area contributed by atoms with Gasteiger partial charge in [-0.25, -0.2) is 0 Å². The minimum atomic E-state index is 0.597. The molecule has 0 atom stereocenters. The minimum Gasteiger partial charge on any atom is -0.257 e. The van der Waals surface area contributed by atoms with E-state index in [9.17, 15) is 0 Å². The number of hydrogen-bond donors (Lipinski definition) is 0. The number of aryl methyl sites for hydroxylation is 3. The number of benzene rings is 2. The molecule has 0 bridgehead atoms. The van der Waals surface area contributed by atoms with Gasteiger partial charge in [0, 0.05) is 40.8 Å². The van der Waals surface area contributed by atoms with Gasteiger partial charge in [0.25, 0.3) is 0 Å². The highest BCUT2D eigenvalue weighted by molar-refractivity contribution is 5.82. The van der Waals surface area contributed by atoms with Crippen LogP contribution in [-0.4, -0.2) is 9.97 Å². The van der Waals surface area contributed by atoms with Gasteiger partial charge >= 0.3 is 0 Å². The normalized spacial score (nSPS) is 14.5. The Labute approximate surface area is 184 Å². The van der Waals surface area contributed by atoms with E-state index in [4.69, 9.17) is 9.97 Å². The third kappa shape index (κ3) is 3.63. The molecule has 0 unspecified atom stereocenters. The highest BCUT2D eigenvalue weighted by Crippen LogP contribution is 2.33. The van der Waals surface area contributed by atoms with Crippen molar-refractivity contribution in [1.29, 1.82) is 0 Å². The van der Waals surface area contributed by atoms with Gasteiger partial charge < -0.3 is 0 Å². The fraction of sp³-hybridized carbons (Fsp3) is 0.321. The molecule has 0 N–H and O–H groups in total. The third-order valence-electron chi connectivity index (χ3n) is 7.00. The van der Waals surface area contributed by atoms with Crippen LogP contribution in [0.2, 0.25) is 0 Å². The van der Waals surface area contributed by atoms with E-state index >= 15 is 0 Å². The zero-order valence-electron chi connectivity index (χ0n) is 18.9. The van der Waals surface area contributed by atoms with Crippen molar-refractivity contribution < 1.29 is 4.57 Å². The molecule has 0 amide bonds. The van der Waals surface area contributed by atoms with E-state index in [1.807, 2.05) is 12.4 Å². The molecule has 4 aromatic rings. The van der Waals surface area contributed by atoms with E-state index in [0.29, 0.717) is 5.92 Å². The van der Waals surface area contributed by atoms with E-state index in [1.165, 1.54) is 64.5 Å². The fourth-order valence-corrected chi connectivity index (χ4v) is 5.04. The predicted octanol–water partition coefficient (Wildman–Crippen LogP) is 6.37. The molecule has 31 heavy (non-hydrogen) atoms. The first-order chi connectivity index (χ1) is 15.0. The number of nitrogens with zero attached hydrogens (tertiary/aromatic N) is 3. The van der Waals surface area contributed by atoms with Gasteiger partial charge in [-0.1, -0.05) is 30.5 Å². The summed E-state index contributed by atoms with van der Waals surface area (Å²) < 4.78 is 2.31. The maximum atomic E-state index is 4.78. The van der Waals surface area contributed by atoms with Crippen LogP contribution >= 0.6 is 0 Å². The van der Waals surface area contributed by atoms with E-state index < -0.39 is 0 Å². The first-order valence-corrected chi connectivity index (χ1v) is 11.3. The standard InChI is InChI=1S/C28H30N3/c1-18-13-19(2)20(3)24(14-18)27-12-11-22-9-10-23(15-28(22)31(27)4)26-17-29-25(16-30-26)21-7-5-6-8-21/h9-17,21H,5-8H2,1-4H3/q+1. The summed E-state index contributed by atoms with van der Waals surface area (Å²) in [5, 5.41) is 1.23. The highest BCUT2D eigenvalue weighted by atomic mass is 14.9. The molecule has 1 aliphatic carbocycles. The maximum absolute atomic E-state index is 4.78. The van der Waals surface area contributed by atoms with Crippen LogP contribution in [0.1, 0.15) is 54.0 Å². The van der Waals surface area contributed by atoms with Gasteiger partial charge in [-0.2, -0.15) is 4.57 Å². The molecule has 3 heteroatoms. The van der Waals surface area contributed by atoms with Crippen LogP contribution in [0.4, 0.5) is 0 Å². The molecule has 2 aromatic carbocycles. The molecule has 2 heterocycles. The van der Waals surface area contributed by atoms with Crippen molar-refractivity contribution >= 4 is 10.9 Å². The van der Waals surface area contributed by atoms with E-state index in [0.717, 1.165) is 17.0 Å². The quantitative estimate of drug-likeness (QED) is 0.369. The van der Waals surface area contributed by atoms with Crippen LogP contribution in [0.25, 0.3) is 33.4 Å². The molecule has 1 aliphatic rings. The molecular formula is C28H30N3+. The lowest BCUT2D eigenvalue weighted by atomic mass is 9.96. The van der Waals surface area contributed by atoms with Gasteiger partial charge in [0.2, 0.25) is 11.2 Å². The smallest absolute Gasteiger partial charge is 0.213 e. The van der Waals surface area contributed by atoms with Gasteiger partial charge in [-0.3, -0.25) is 9.97 Å². The Balaban J connectivity index is 1.57. The molecule has 1 fully saturated rings. The summed E-state index contributed by atoms with van der Waals surface area (Å²) in [5.74, 6) is 0.597. The van der Waals surface area contributed by atoms with Crippen LogP contribution < -0.4 is 4.57 Å². The Hall–Kier alpha value is -3.07. The molecule has 0 saturated heterocycles.